The number of carbonyl (C=O) groups excluding carboxylic acids is 2. The monoisotopic (exact) mass is 258 g/mol. The predicted octanol–water partition coefficient (Wildman–Crippen LogP) is 1.45. The van der Waals surface area contributed by atoms with Crippen LogP contribution in [0.25, 0.3) is 0 Å². The molecule has 6 heteroatoms. The van der Waals surface area contributed by atoms with Crippen LogP contribution in [-0.4, -0.2) is 41.0 Å². The fraction of sp³-hybridized carbons (Fsp3) is 0.750. The van der Waals surface area contributed by atoms with E-state index in [0.29, 0.717) is 0 Å². The standard InChI is InChI=1S/C12H22N2O4/c1-5-9(3)14(4)12(18)13-10(15)6-8(2)7-11(16)17/h8-9H,5-7H2,1-4H3,(H,16,17)(H,13,15,18). The predicted molar refractivity (Wildman–Crippen MR) is 67.1 cm³/mol. The number of hydrogen-bond donors (Lipinski definition) is 2. The molecule has 0 saturated carbocycles. The van der Waals surface area contributed by atoms with Crippen molar-refractivity contribution < 1.29 is 19.5 Å². The second-order valence-corrected chi connectivity index (χ2v) is 4.63. The Labute approximate surface area is 107 Å². The number of nitrogens with one attached hydrogen (secondary N) is 1. The van der Waals surface area contributed by atoms with E-state index in [1.54, 1.807) is 14.0 Å². The normalized spacial score (nSPS) is 13.6. The van der Waals surface area contributed by atoms with Crippen LogP contribution in [0.3, 0.4) is 0 Å². The van der Waals surface area contributed by atoms with Gasteiger partial charge in [0, 0.05) is 25.9 Å². The Hall–Kier alpha value is -1.59. The molecule has 0 aliphatic rings. The van der Waals surface area contributed by atoms with E-state index in [-0.39, 0.29) is 24.8 Å². The molecule has 0 radical (unpaired) electrons. The van der Waals surface area contributed by atoms with E-state index in [1.807, 2.05) is 13.8 Å². The average Bonchev–Trinajstić information content (AvgIpc) is 2.25. The van der Waals surface area contributed by atoms with Crippen LogP contribution in [0.5, 0.6) is 0 Å². The van der Waals surface area contributed by atoms with Gasteiger partial charge in [-0.25, -0.2) is 4.79 Å². The smallest absolute Gasteiger partial charge is 0.324 e. The highest BCUT2D eigenvalue weighted by atomic mass is 16.4. The zero-order valence-electron chi connectivity index (χ0n) is 11.4. The molecule has 18 heavy (non-hydrogen) atoms. The van der Waals surface area contributed by atoms with Crippen LogP contribution in [0, 0.1) is 5.92 Å². The van der Waals surface area contributed by atoms with Crippen molar-refractivity contribution in [3.8, 4) is 0 Å². The summed E-state index contributed by atoms with van der Waals surface area (Å²) >= 11 is 0. The van der Waals surface area contributed by atoms with E-state index in [1.165, 1.54) is 4.90 Å². The van der Waals surface area contributed by atoms with Crippen LogP contribution in [0.1, 0.15) is 40.0 Å². The summed E-state index contributed by atoms with van der Waals surface area (Å²) in [5.74, 6) is -1.67. The third-order valence-electron chi connectivity index (χ3n) is 2.88. The topological polar surface area (TPSA) is 86.7 Å². The van der Waals surface area contributed by atoms with Crippen LogP contribution < -0.4 is 5.32 Å². The molecule has 0 aromatic carbocycles. The summed E-state index contributed by atoms with van der Waals surface area (Å²) in [6.45, 7) is 5.50. The molecule has 6 nitrogen and oxygen atoms in total. The summed E-state index contributed by atoms with van der Waals surface area (Å²) in [5, 5.41) is 10.8. The Morgan fingerprint density at radius 1 is 1.22 bits per heavy atom. The highest BCUT2D eigenvalue weighted by molar-refractivity contribution is 5.94. The van der Waals surface area contributed by atoms with E-state index in [2.05, 4.69) is 5.32 Å². The molecule has 0 aromatic rings. The van der Waals surface area contributed by atoms with Gasteiger partial charge in [-0.15, -0.1) is 0 Å². The molecule has 0 spiro atoms. The largest absolute Gasteiger partial charge is 0.481 e. The summed E-state index contributed by atoms with van der Waals surface area (Å²) in [7, 11) is 1.62. The molecule has 0 bridgehead atoms. The van der Waals surface area contributed by atoms with Gasteiger partial charge in [0.05, 0.1) is 0 Å². The third-order valence-corrected chi connectivity index (χ3v) is 2.88. The Morgan fingerprint density at radius 3 is 2.22 bits per heavy atom. The zero-order chi connectivity index (χ0) is 14.3. The second-order valence-electron chi connectivity index (χ2n) is 4.63. The van der Waals surface area contributed by atoms with E-state index in [4.69, 9.17) is 5.11 Å². The van der Waals surface area contributed by atoms with E-state index < -0.39 is 17.9 Å². The summed E-state index contributed by atoms with van der Waals surface area (Å²) in [6.07, 6.45) is 0.753. The minimum atomic E-state index is -0.946. The summed E-state index contributed by atoms with van der Waals surface area (Å²) in [6, 6.07) is -0.397. The van der Waals surface area contributed by atoms with Gasteiger partial charge >= 0.3 is 12.0 Å². The molecule has 0 aromatic heterocycles. The van der Waals surface area contributed by atoms with Gasteiger partial charge in [-0.2, -0.15) is 0 Å². The van der Waals surface area contributed by atoms with Gasteiger partial charge in [-0.1, -0.05) is 13.8 Å². The van der Waals surface area contributed by atoms with Gasteiger partial charge in [0.25, 0.3) is 0 Å². The first-order valence-corrected chi connectivity index (χ1v) is 6.06. The van der Waals surface area contributed by atoms with Gasteiger partial charge in [0.2, 0.25) is 5.91 Å². The molecule has 0 rings (SSSR count). The van der Waals surface area contributed by atoms with Crippen molar-refractivity contribution in [3.63, 3.8) is 0 Å². The van der Waals surface area contributed by atoms with E-state index >= 15 is 0 Å². The molecular weight excluding hydrogens is 236 g/mol. The van der Waals surface area contributed by atoms with Gasteiger partial charge in [0.1, 0.15) is 0 Å². The molecule has 2 atom stereocenters. The molecule has 0 heterocycles. The van der Waals surface area contributed by atoms with Gasteiger partial charge < -0.3 is 10.0 Å². The first-order chi connectivity index (χ1) is 8.27. The SMILES string of the molecule is CCC(C)N(C)C(=O)NC(=O)CC(C)CC(=O)O. The van der Waals surface area contributed by atoms with E-state index in [0.717, 1.165) is 6.42 Å². The maximum absolute atomic E-state index is 11.6. The maximum atomic E-state index is 11.6. The quantitative estimate of drug-likeness (QED) is 0.755. The van der Waals surface area contributed by atoms with E-state index in [9.17, 15) is 14.4 Å². The molecule has 0 saturated heterocycles. The van der Waals surface area contributed by atoms with Gasteiger partial charge in [0.15, 0.2) is 0 Å². The minimum absolute atomic E-state index is 0.0341. The van der Waals surface area contributed by atoms with Crippen LogP contribution >= 0.6 is 0 Å². The summed E-state index contributed by atoms with van der Waals surface area (Å²) in [5.41, 5.74) is 0. The molecular formula is C12H22N2O4. The first-order valence-electron chi connectivity index (χ1n) is 6.06. The lowest BCUT2D eigenvalue weighted by atomic mass is 10.0. The minimum Gasteiger partial charge on any atom is -0.481 e. The molecule has 0 aliphatic carbocycles. The van der Waals surface area contributed by atoms with Crippen molar-refractivity contribution >= 4 is 17.9 Å². The Balaban J connectivity index is 4.16. The zero-order valence-corrected chi connectivity index (χ0v) is 11.4. The number of aliphatic carboxylic acids is 1. The van der Waals surface area contributed by atoms with Crippen molar-refractivity contribution in [2.24, 2.45) is 5.92 Å². The highest BCUT2D eigenvalue weighted by Crippen LogP contribution is 2.07. The molecule has 104 valence electrons. The third kappa shape index (κ3) is 6.22. The Kier molecular flexibility index (Phi) is 7.00. The summed E-state index contributed by atoms with van der Waals surface area (Å²) in [4.78, 5) is 35.0. The number of urea groups is 1. The number of amides is 3. The number of hydrogen-bond acceptors (Lipinski definition) is 3. The van der Waals surface area contributed by atoms with Gasteiger partial charge in [-0.3, -0.25) is 14.9 Å². The van der Waals surface area contributed by atoms with Crippen LogP contribution in [-0.2, 0) is 9.59 Å². The molecule has 0 aliphatic heterocycles. The number of carboxylic acids is 1. The van der Waals surface area contributed by atoms with Crippen LogP contribution in [0.2, 0.25) is 0 Å². The number of imide groups is 1. The lowest BCUT2D eigenvalue weighted by Crippen LogP contribution is -2.44. The number of carbonyl (C=O) groups is 3. The number of nitrogens with zero attached hydrogens (tertiary/aromatic N) is 1. The van der Waals surface area contributed by atoms with Crippen molar-refractivity contribution in [1.82, 2.24) is 10.2 Å². The lowest BCUT2D eigenvalue weighted by molar-refractivity contribution is -0.138. The Bertz CT molecular complexity index is 317. The number of carboxylic acid groups (broad SMARTS) is 1. The van der Waals surface area contributed by atoms with Crippen LogP contribution in [0.4, 0.5) is 4.79 Å². The molecule has 3 amide bonds. The second kappa shape index (κ2) is 7.68. The fourth-order valence-corrected chi connectivity index (χ4v) is 1.42. The van der Waals surface area contributed by atoms with Gasteiger partial charge in [-0.05, 0) is 19.3 Å². The molecule has 2 N–H and O–H groups in total. The average molecular weight is 258 g/mol. The number of rotatable bonds is 6. The van der Waals surface area contributed by atoms with Crippen molar-refractivity contribution in [2.45, 2.75) is 46.1 Å². The van der Waals surface area contributed by atoms with Crippen LogP contribution in [0.15, 0.2) is 0 Å². The first kappa shape index (κ1) is 16.4. The Morgan fingerprint density at radius 2 is 1.78 bits per heavy atom. The molecule has 0 fully saturated rings. The fourth-order valence-electron chi connectivity index (χ4n) is 1.42. The highest BCUT2D eigenvalue weighted by Gasteiger charge is 2.18. The van der Waals surface area contributed by atoms with Crippen molar-refractivity contribution in [1.29, 1.82) is 0 Å². The maximum Gasteiger partial charge on any atom is 0.324 e. The van der Waals surface area contributed by atoms with Crippen molar-refractivity contribution in [3.05, 3.63) is 0 Å². The van der Waals surface area contributed by atoms with Crippen molar-refractivity contribution in [2.75, 3.05) is 7.05 Å². The lowest BCUT2D eigenvalue weighted by Gasteiger charge is -2.23. The summed E-state index contributed by atoms with van der Waals surface area (Å²) < 4.78 is 0. The molecule has 2 unspecified atom stereocenters.